The fourth-order valence-electron chi connectivity index (χ4n) is 1.97. The number of nitro benzene ring substituents is 1. The highest BCUT2D eigenvalue weighted by Gasteiger charge is 2.16. The largest absolute Gasteiger partial charge is 0.490 e. The van der Waals surface area contributed by atoms with Crippen molar-refractivity contribution in [3.05, 3.63) is 46.8 Å². The average Bonchev–Trinajstić information content (AvgIpc) is 2.90. The van der Waals surface area contributed by atoms with Crippen molar-refractivity contribution in [2.45, 2.75) is 0 Å². The Morgan fingerprint density at radius 2 is 2.20 bits per heavy atom. The van der Waals surface area contributed by atoms with Crippen molar-refractivity contribution in [2.75, 3.05) is 7.11 Å². The number of aromatic nitrogens is 3. The molecule has 1 aromatic carbocycles. The van der Waals surface area contributed by atoms with Crippen LogP contribution < -0.4 is 4.74 Å². The maximum atomic E-state index is 10.9. The van der Waals surface area contributed by atoms with Crippen LogP contribution >= 0.6 is 0 Å². The number of aromatic amines is 1. The number of pyridine rings is 1. The second-order valence-electron chi connectivity index (χ2n) is 4.12. The summed E-state index contributed by atoms with van der Waals surface area (Å²) in [6.07, 6.45) is 3.33. The molecule has 0 saturated heterocycles. The number of methoxy groups -OCH3 is 1. The predicted molar refractivity (Wildman–Crippen MR) is 72.5 cm³/mol. The van der Waals surface area contributed by atoms with E-state index in [0.717, 1.165) is 11.0 Å². The summed E-state index contributed by atoms with van der Waals surface area (Å²) in [5.74, 6) is 0.812. The van der Waals surface area contributed by atoms with Crippen LogP contribution in [0, 0.1) is 10.1 Å². The SMILES string of the molecule is COc1cc(-c2nc3ccncc3[nH]2)ccc1[N+](=O)[O-]. The Kier molecular flexibility index (Phi) is 2.79. The number of nitro groups is 1. The highest BCUT2D eigenvalue weighted by atomic mass is 16.6. The molecule has 7 heteroatoms. The quantitative estimate of drug-likeness (QED) is 0.583. The van der Waals surface area contributed by atoms with Crippen LogP contribution in [0.4, 0.5) is 5.69 Å². The van der Waals surface area contributed by atoms with E-state index in [2.05, 4.69) is 15.0 Å². The van der Waals surface area contributed by atoms with E-state index in [1.165, 1.54) is 13.2 Å². The highest BCUT2D eigenvalue weighted by molar-refractivity contribution is 5.78. The lowest BCUT2D eigenvalue weighted by Crippen LogP contribution is -1.94. The van der Waals surface area contributed by atoms with Gasteiger partial charge in [-0.05, 0) is 18.2 Å². The molecular weight excluding hydrogens is 260 g/mol. The number of rotatable bonds is 3. The van der Waals surface area contributed by atoms with E-state index < -0.39 is 4.92 Å². The summed E-state index contributed by atoms with van der Waals surface area (Å²) in [7, 11) is 1.40. The Balaban J connectivity index is 2.12. The molecular formula is C13H10N4O3. The van der Waals surface area contributed by atoms with Gasteiger partial charge < -0.3 is 9.72 Å². The second kappa shape index (κ2) is 4.61. The number of fused-ring (bicyclic) bond motifs is 1. The van der Waals surface area contributed by atoms with Gasteiger partial charge in [-0.3, -0.25) is 15.1 Å². The van der Waals surface area contributed by atoms with Crippen molar-refractivity contribution in [2.24, 2.45) is 0 Å². The smallest absolute Gasteiger partial charge is 0.310 e. The van der Waals surface area contributed by atoms with Crippen LogP contribution in [0.5, 0.6) is 5.75 Å². The van der Waals surface area contributed by atoms with Crippen LogP contribution in [0.3, 0.4) is 0 Å². The molecule has 0 bridgehead atoms. The zero-order valence-electron chi connectivity index (χ0n) is 10.5. The molecule has 2 aromatic heterocycles. The number of H-pyrrole nitrogens is 1. The molecule has 1 N–H and O–H groups in total. The van der Waals surface area contributed by atoms with Gasteiger partial charge in [0.05, 0.1) is 29.3 Å². The zero-order valence-corrected chi connectivity index (χ0v) is 10.5. The molecule has 0 amide bonds. The van der Waals surface area contributed by atoms with Gasteiger partial charge in [0.25, 0.3) is 0 Å². The van der Waals surface area contributed by atoms with Gasteiger partial charge in [0, 0.05) is 17.8 Å². The summed E-state index contributed by atoms with van der Waals surface area (Å²) in [5.41, 5.74) is 2.23. The molecule has 0 atom stereocenters. The zero-order chi connectivity index (χ0) is 14.1. The lowest BCUT2D eigenvalue weighted by Gasteiger charge is -2.03. The van der Waals surface area contributed by atoms with Crippen molar-refractivity contribution in [1.29, 1.82) is 0 Å². The monoisotopic (exact) mass is 270 g/mol. The summed E-state index contributed by atoms with van der Waals surface area (Å²) >= 11 is 0. The molecule has 3 aromatic rings. The number of hydrogen-bond acceptors (Lipinski definition) is 5. The molecule has 0 spiro atoms. The third kappa shape index (κ3) is 1.95. The van der Waals surface area contributed by atoms with E-state index in [-0.39, 0.29) is 11.4 Å². The van der Waals surface area contributed by atoms with E-state index in [1.54, 1.807) is 30.6 Å². The van der Waals surface area contributed by atoms with Gasteiger partial charge in [-0.25, -0.2) is 4.98 Å². The van der Waals surface area contributed by atoms with Gasteiger partial charge >= 0.3 is 5.69 Å². The molecule has 100 valence electrons. The second-order valence-corrected chi connectivity index (χ2v) is 4.12. The molecule has 0 unspecified atom stereocenters. The summed E-state index contributed by atoms with van der Waals surface area (Å²) < 4.78 is 5.05. The number of hydrogen-bond donors (Lipinski definition) is 1. The average molecular weight is 270 g/mol. The molecule has 0 saturated carbocycles. The lowest BCUT2D eigenvalue weighted by molar-refractivity contribution is -0.385. The standard InChI is InChI=1S/C13H10N4O3/c1-20-12-6-8(2-3-11(12)17(18)19)13-15-9-4-5-14-7-10(9)16-13/h2-7H,1H3,(H,15,16). The summed E-state index contributed by atoms with van der Waals surface area (Å²) in [6, 6.07) is 6.41. The summed E-state index contributed by atoms with van der Waals surface area (Å²) in [4.78, 5) is 21.9. The van der Waals surface area contributed by atoms with Gasteiger partial charge in [-0.1, -0.05) is 0 Å². The van der Waals surface area contributed by atoms with Gasteiger partial charge in [0.2, 0.25) is 0 Å². The van der Waals surface area contributed by atoms with E-state index in [0.29, 0.717) is 11.4 Å². The molecule has 0 aliphatic carbocycles. The van der Waals surface area contributed by atoms with Crippen molar-refractivity contribution in [3.63, 3.8) is 0 Å². The van der Waals surface area contributed by atoms with Gasteiger partial charge in [0.1, 0.15) is 5.82 Å². The van der Waals surface area contributed by atoms with Crippen molar-refractivity contribution >= 4 is 16.7 Å². The third-order valence-electron chi connectivity index (χ3n) is 2.93. The van der Waals surface area contributed by atoms with Crippen LogP contribution in [0.2, 0.25) is 0 Å². The van der Waals surface area contributed by atoms with Crippen molar-refractivity contribution in [3.8, 4) is 17.1 Å². The molecule has 2 heterocycles. The highest BCUT2D eigenvalue weighted by Crippen LogP contribution is 2.31. The molecule has 20 heavy (non-hydrogen) atoms. The van der Waals surface area contributed by atoms with Gasteiger partial charge in [0.15, 0.2) is 5.75 Å². The number of benzene rings is 1. The fourth-order valence-corrected chi connectivity index (χ4v) is 1.97. The number of nitrogens with one attached hydrogen (secondary N) is 1. The molecule has 0 fully saturated rings. The molecule has 0 radical (unpaired) electrons. The van der Waals surface area contributed by atoms with Crippen LogP contribution in [0.15, 0.2) is 36.7 Å². The first-order chi connectivity index (χ1) is 9.69. The minimum Gasteiger partial charge on any atom is -0.490 e. The van der Waals surface area contributed by atoms with E-state index >= 15 is 0 Å². The maximum Gasteiger partial charge on any atom is 0.310 e. The van der Waals surface area contributed by atoms with Crippen LogP contribution in [-0.2, 0) is 0 Å². The maximum absolute atomic E-state index is 10.9. The Morgan fingerprint density at radius 1 is 1.35 bits per heavy atom. The predicted octanol–water partition coefficient (Wildman–Crippen LogP) is 2.54. The molecule has 3 rings (SSSR count). The van der Waals surface area contributed by atoms with Gasteiger partial charge in [-0.2, -0.15) is 0 Å². The van der Waals surface area contributed by atoms with Gasteiger partial charge in [-0.15, -0.1) is 0 Å². The van der Waals surface area contributed by atoms with Crippen molar-refractivity contribution < 1.29 is 9.66 Å². The summed E-state index contributed by atoms with van der Waals surface area (Å²) in [6.45, 7) is 0. The van der Waals surface area contributed by atoms with Crippen LogP contribution in [-0.4, -0.2) is 27.0 Å². The Labute approximate surface area is 113 Å². The Bertz CT molecular complexity index is 764. The normalized spacial score (nSPS) is 10.7. The number of nitrogens with zero attached hydrogens (tertiary/aromatic N) is 3. The minimum atomic E-state index is -0.481. The number of ether oxygens (including phenoxy) is 1. The van der Waals surface area contributed by atoms with Crippen LogP contribution in [0.25, 0.3) is 22.4 Å². The molecule has 7 nitrogen and oxygen atoms in total. The van der Waals surface area contributed by atoms with E-state index in [9.17, 15) is 10.1 Å². The Morgan fingerprint density at radius 3 is 2.90 bits per heavy atom. The first-order valence-electron chi connectivity index (χ1n) is 5.81. The number of imidazole rings is 1. The van der Waals surface area contributed by atoms with Crippen LogP contribution in [0.1, 0.15) is 0 Å². The molecule has 0 aliphatic rings. The third-order valence-corrected chi connectivity index (χ3v) is 2.93. The minimum absolute atomic E-state index is 0.0750. The fraction of sp³-hybridized carbons (Fsp3) is 0.0769. The first kappa shape index (κ1) is 12.1. The summed E-state index contributed by atoms with van der Waals surface area (Å²) in [5, 5.41) is 10.9. The van der Waals surface area contributed by atoms with Crippen molar-refractivity contribution in [1.82, 2.24) is 15.0 Å². The van der Waals surface area contributed by atoms with E-state index in [4.69, 9.17) is 4.74 Å². The van der Waals surface area contributed by atoms with E-state index in [1.807, 2.05) is 0 Å². The first-order valence-corrected chi connectivity index (χ1v) is 5.81. The Hall–Kier alpha value is -2.96. The lowest BCUT2D eigenvalue weighted by atomic mass is 10.2. The topological polar surface area (TPSA) is 93.9 Å². The molecule has 0 aliphatic heterocycles.